The first-order valence-corrected chi connectivity index (χ1v) is 13.6. The lowest BCUT2D eigenvalue weighted by Gasteiger charge is -2.36. The summed E-state index contributed by atoms with van der Waals surface area (Å²) in [7, 11) is -3.94. The van der Waals surface area contributed by atoms with Crippen LogP contribution in [0, 0.1) is 23.1 Å². The van der Waals surface area contributed by atoms with Crippen molar-refractivity contribution in [2.75, 3.05) is 19.6 Å². The number of likely N-dealkylation sites (tertiary alicyclic amines) is 1. The Morgan fingerprint density at radius 3 is 2.42 bits per heavy atom. The molecule has 1 fully saturated rings. The third kappa shape index (κ3) is 6.48. The first kappa shape index (κ1) is 27.8. The van der Waals surface area contributed by atoms with Crippen LogP contribution in [-0.4, -0.2) is 50.0 Å². The lowest BCUT2D eigenvalue weighted by Crippen LogP contribution is -2.48. The third-order valence-electron chi connectivity index (χ3n) is 6.77. The van der Waals surface area contributed by atoms with E-state index in [1.165, 1.54) is 0 Å². The highest BCUT2D eigenvalue weighted by atomic mass is 32.2. The zero-order valence-corrected chi connectivity index (χ0v) is 21.4. The molecule has 2 amide bonds. The summed E-state index contributed by atoms with van der Waals surface area (Å²) >= 11 is 0. The fourth-order valence-electron chi connectivity index (χ4n) is 5.13. The highest BCUT2D eigenvalue weighted by molar-refractivity contribution is 7.89. The molecule has 8 nitrogen and oxygen atoms in total. The Kier molecular flexibility index (Phi) is 9.21. The van der Waals surface area contributed by atoms with E-state index < -0.39 is 33.1 Å². The predicted molar refractivity (Wildman–Crippen MR) is 133 cm³/mol. The van der Waals surface area contributed by atoms with Crippen molar-refractivity contribution in [3.05, 3.63) is 66.0 Å². The van der Waals surface area contributed by atoms with Gasteiger partial charge >= 0.3 is 0 Å². The number of carbonyl (C=O) groups is 2. The molecule has 2 aromatic carbocycles. The molecule has 36 heavy (non-hydrogen) atoms. The molecule has 0 aromatic heterocycles. The number of halogens is 1. The van der Waals surface area contributed by atoms with Crippen LogP contribution in [0.4, 0.5) is 4.39 Å². The van der Waals surface area contributed by atoms with Crippen molar-refractivity contribution < 1.29 is 27.6 Å². The maximum atomic E-state index is 13.7. The molecule has 1 aliphatic heterocycles. The number of amides is 2. The molecule has 0 radical (unpaired) electrons. The summed E-state index contributed by atoms with van der Waals surface area (Å²) in [6.45, 7) is 4.79. The van der Waals surface area contributed by atoms with Gasteiger partial charge in [0.2, 0.25) is 21.8 Å². The number of benzene rings is 2. The van der Waals surface area contributed by atoms with Crippen LogP contribution in [0.15, 0.2) is 59.5 Å². The van der Waals surface area contributed by atoms with E-state index in [0.717, 1.165) is 29.8 Å². The van der Waals surface area contributed by atoms with Gasteiger partial charge < -0.3 is 4.90 Å². The first-order valence-electron chi connectivity index (χ1n) is 12.1. The molecule has 1 heterocycles. The third-order valence-corrected chi connectivity index (χ3v) is 8.25. The minimum atomic E-state index is -3.94. The lowest BCUT2D eigenvalue weighted by atomic mass is 9.67. The lowest BCUT2D eigenvalue weighted by molar-refractivity contribution is -0.149. The Bertz CT molecular complexity index is 1140. The second kappa shape index (κ2) is 11.9. The molecule has 0 spiro atoms. The number of sulfonamides is 1. The van der Waals surface area contributed by atoms with Crippen molar-refractivity contribution in [3.63, 3.8) is 0 Å². The van der Waals surface area contributed by atoms with E-state index in [0.29, 0.717) is 32.4 Å². The van der Waals surface area contributed by atoms with Crippen LogP contribution >= 0.6 is 0 Å². The van der Waals surface area contributed by atoms with Crippen LogP contribution in [0.1, 0.15) is 38.7 Å². The van der Waals surface area contributed by atoms with Gasteiger partial charge in [-0.3, -0.25) is 14.8 Å². The van der Waals surface area contributed by atoms with Crippen LogP contribution in [0.2, 0.25) is 0 Å². The molecule has 2 unspecified atom stereocenters. The standard InChI is InChI=1S/C26H34FN3O5S/c1-19(2)18-26(14-17-30(25(26)32)16-13-20-6-4-3-5-7-20)23(24(31)29-33)12-15-28-36(34,35)22-10-8-21(27)9-11-22/h3-11,19,23,28,33H,12-18H2,1-2H3,(H,29,31). The van der Waals surface area contributed by atoms with E-state index in [2.05, 4.69) is 4.72 Å². The van der Waals surface area contributed by atoms with Gasteiger partial charge in [0.05, 0.1) is 16.2 Å². The molecular weight excluding hydrogens is 485 g/mol. The van der Waals surface area contributed by atoms with Gasteiger partial charge in [0, 0.05) is 19.6 Å². The van der Waals surface area contributed by atoms with Crippen LogP contribution in [0.3, 0.4) is 0 Å². The van der Waals surface area contributed by atoms with Gasteiger partial charge in [0.25, 0.3) is 0 Å². The molecular formula is C26H34FN3O5S. The van der Waals surface area contributed by atoms with Gasteiger partial charge in [0.1, 0.15) is 5.82 Å². The summed E-state index contributed by atoms with van der Waals surface area (Å²) in [4.78, 5) is 28.2. The Hall–Kier alpha value is -2.82. The van der Waals surface area contributed by atoms with Crippen LogP contribution in [0.25, 0.3) is 0 Å². The Labute approximate surface area is 211 Å². The number of nitrogens with zero attached hydrogens (tertiary/aromatic N) is 1. The number of hydrogen-bond acceptors (Lipinski definition) is 5. The molecule has 3 N–H and O–H groups in total. The topological polar surface area (TPSA) is 116 Å². The summed E-state index contributed by atoms with van der Waals surface area (Å²) in [5.41, 5.74) is 1.74. The van der Waals surface area contributed by atoms with Gasteiger partial charge in [-0.15, -0.1) is 0 Å². The molecule has 0 aliphatic carbocycles. The van der Waals surface area contributed by atoms with Crippen LogP contribution in [0.5, 0.6) is 0 Å². The van der Waals surface area contributed by atoms with E-state index in [-0.39, 0.29) is 29.7 Å². The fraction of sp³-hybridized carbons (Fsp3) is 0.462. The van der Waals surface area contributed by atoms with Crippen molar-refractivity contribution in [2.24, 2.45) is 17.3 Å². The van der Waals surface area contributed by atoms with Crippen molar-refractivity contribution >= 4 is 21.8 Å². The molecule has 2 atom stereocenters. The fourth-order valence-corrected chi connectivity index (χ4v) is 6.18. The summed E-state index contributed by atoms with van der Waals surface area (Å²) in [6.07, 6.45) is 1.55. The summed E-state index contributed by atoms with van der Waals surface area (Å²) in [5, 5.41) is 9.48. The van der Waals surface area contributed by atoms with Crippen LogP contribution < -0.4 is 10.2 Å². The highest BCUT2D eigenvalue weighted by Crippen LogP contribution is 2.46. The zero-order chi connectivity index (χ0) is 26.3. The van der Waals surface area contributed by atoms with Crippen LogP contribution in [-0.2, 0) is 26.0 Å². The van der Waals surface area contributed by atoms with Crippen molar-refractivity contribution in [2.45, 2.75) is 44.4 Å². The molecule has 1 aliphatic rings. The van der Waals surface area contributed by atoms with Gasteiger partial charge in [0.15, 0.2) is 0 Å². The van der Waals surface area contributed by atoms with Crippen molar-refractivity contribution in [1.29, 1.82) is 0 Å². The first-order chi connectivity index (χ1) is 17.1. The summed E-state index contributed by atoms with van der Waals surface area (Å²) in [5.74, 6) is -2.26. The molecule has 0 saturated carbocycles. The average Bonchev–Trinajstić information content (AvgIpc) is 3.16. The zero-order valence-electron chi connectivity index (χ0n) is 20.6. The van der Waals surface area contributed by atoms with Gasteiger partial charge in [-0.1, -0.05) is 44.2 Å². The highest BCUT2D eigenvalue weighted by Gasteiger charge is 2.54. The maximum absolute atomic E-state index is 13.7. The number of hydroxylamine groups is 1. The van der Waals surface area contributed by atoms with E-state index in [1.54, 1.807) is 10.4 Å². The predicted octanol–water partition coefficient (Wildman–Crippen LogP) is 3.12. The van der Waals surface area contributed by atoms with Gasteiger partial charge in [-0.25, -0.2) is 23.0 Å². The number of nitrogens with one attached hydrogen (secondary N) is 2. The van der Waals surface area contributed by atoms with E-state index in [1.807, 2.05) is 44.2 Å². The summed E-state index contributed by atoms with van der Waals surface area (Å²) < 4.78 is 40.9. The quantitative estimate of drug-likeness (QED) is 0.294. The number of hydrogen-bond donors (Lipinski definition) is 3. The molecule has 196 valence electrons. The molecule has 3 rings (SSSR count). The van der Waals surface area contributed by atoms with Gasteiger partial charge in [-0.2, -0.15) is 0 Å². The SMILES string of the molecule is CC(C)CC1(C(CCNS(=O)(=O)c2ccc(F)cc2)C(=O)NO)CCN(CCc2ccccc2)C1=O. The van der Waals surface area contributed by atoms with Crippen molar-refractivity contribution in [1.82, 2.24) is 15.1 Å². The van der Waals surface area contributed by atoms with Crippen molar-refractivity contribution in [3.8, 4) is 0 Å². The van der Waals surface area contributed by atoms with Gasteiger partial charge in [-0.05, 0) is 61.4 Å². The molecule has 10 heteroatoms. The Morgan fingerprint density at radius 1 is 1.14 bits per heavy atom. The van der Waals surface area contributed by atoms with E-state index in [4.69, 9.17) is 0 Å². The molecule has 2 aromatic rings. The number of rotatable bonds is 12. The second-order valence-corrected chi connectivity index (χ2v) is 11.5. The molecule has 1 saturated heterocycles. The second-order valence-electron chi connectivity index (χ2n) is 9.70. The minimum absolute atomic E-state index is 0.0117. The smallest absolute Gasteiger partial charge is 0.247 e. The summed E-state index contributed by atoms with van der Waals surface area (Å²) in [6, 6.07) is 14.2. The normalized spacial score (nSPS) is 19.0. The largest absolute Gasteiger partial charge is 0.342 e. The monoisotopic (exact) mass is 519 g/mol. The van der Waals surface area contributed by atoms with E-state index in [9.17, 15) is 27.6 Å². The average molecular weight is 520 g/mol. The molecule has 0 bridgehead atoms. The number of carbonyl (C=O) groups excluding carboxylic acids is 2. The Morgan fingerprint density at radius 2 is 1.81 bits per heavy atom. The maximum Gasteiger partial charge on any atom is 0.247 e. The van der Waals surface area contributed by atoms with E-state index >= 15 is 0 Å². The Balaban J connectivity index is 1.77. The minimum Gasteiger partial charge on any atom is -0.342 e.